The van der Waals surface area contributed by atoms with Gasteiger partial charge in [-0.1, -0.05) is 30.3 Å². The number of nitrogens with zero attached hydrogens (tertiary/aromatic N) is 1. The highest BCUT2D eigenvalue weighted by Gasteiger charge is 2.28. The SMILES string of the molecule is CC(C)Oc1c(C(=O)OC(C)(C)C)n(C)c2ccc(OCc3ccccc3)cc12. The Morgan fingerprint density at radius 1 is 1.07 bits per heavy atom. The molecular weight excluding hydrogens is 366 g/mol. The number of aryl methyl sites for hydroxylation is 1. The summed E-state index contributed by atoms with van der Waals surface area (Å²) in [5.74, 6) is 0.840. The fourth-order valence-electron chi connectivity index (χ4n) is 3.13. The lowest BCUT2D eigenvalue weighted by Crippen LogP contribution is -2.25. The molecule has 29 heavy (non-hydrogen) atoms. The largest absolute Gasteiger partial charge is 0.489 e. The van der Waals surface area contributed by atoms with Crippen LogP contribution in [-0.2, 0) is 18.4 Å². The summed E-state index contributed by atoms with van der Waals surface area (Å²) in [4.78, 5) is 12.9. The molecule has 5 nitrogen and oxygen atoms in total. The van der Waals surface area contributed by atoms with Crippen LogP contribution in [0.5, 0.6) is 11.5 Å². The second-order valence-electron chi connectivity index (χ2n) is 8.36. The van der Waals surface area contributed by atoms with Gasteiger partial charge < -0.3 is 18.8 Å². The first-order chi connectivity index (χ1) is 13.7. The molecule has 2 aromatic carbocycles. The zero-order valence-corrected chi connectivity index (χ0v) is 18.0. The summed E-state index contributed by atoms with van der Waals surface area (Å²) in [7, 11) is 1.85. The van der Waals surface area contributed by atoms with Crippen molar-refractivity contribution < 1.29 is 19.0 Å². The highest BCUT2D eigenvalue weighted by atomic mass is 16.6. The molecule has 0 aliphatic carbocycles. The smallest absolute Gasteiger partial charge is 0.359 e. The highest BCUT2D eigenvalue weighted by molar-refractivity contribution is 6.02. The number of hydrogen-bond acceptors (Lipinski definition) is 4. The second kappa shape index (κ2) is 8.19. The van der Waals surface area contributed by atoms with Crippen molar-refractivity contribution in [2.24, 2.45) is 7.05 Å². The zero-order chi connectivity index (χ0) is 21.2. The van der Waals surface area contributed by atoms with Gasteiger partial charge in [-0.3, -0.25) is 0 Å². The van der Waals surface area contributed by atoms with Crippen molar-refractivity contribution in [1.82, 2.24) is 4.57 Å². The average Bonchev–Trinajstić information content (AvgIpc) is 2.90. The molecule has 0 amide bonds. The summed E-state index contributed by atoms with van der Waals surface area (Å²) in [6, 6.07) is 15.8. The second-order valence-corrected chi connectivity index (χ2v) is 8.36. The molecule has 1 aromatic heterocycles. The van der Waals surface area contributed by atoms with Crippen LogP contribution in [0.4, 0.5) is 0 Å². The van der Waals surface area contributed by atoms with Crippen LogP contribution in [0.25, 0.3) is 10.9 Å². The van der Waals surface area contributed by atoms with Crippen LogP contribution in [0.15, 0.2) is 48.5 Å². The van der Waals surface area contributed by atoms with Crippen LogP contribution in [-0.4, -0.2) is 22.2 Å². The van der Waals surface area contributed by atoms with Crippen LogP contribution in [0.2, 0.25) is 0 Å². The van der Waals surface area contributed by atoms with Gasteiger partial charge in [0.2, 0.25) is 0 Å². The summed E-state index contributed by atoms with van der Waals surface area (Å²) in [6.07, 6.45) is -0.0873. The Labute approximate surface area is 172 Å². The van der Waals surface area contributed by atoms with E-state index in [0.717, 1.165) is 22.2 Å². The van der Waals surface area contributed by atoms with Gasteiger partial charge in [0, 0.05) is 12.4 Å². The first kappa shape index (κ1) is 20.8. The number of rotatable bonds is 6. The number of carbonyl (C=O) groups excluding carboxylic acids is 1. The summed E-state index contributed by atoms with van der Waals surface area (Å²) in [5, 5.41) is 0.827. The molecule has 0 saturated heterocycles. The van der Waals surface area contributed by atoms with Crippen molar-refractivity contribution in [1.29, 1.82) is 0 Å². The molecule has 0 atom stereocenters. The predicted octanol–water partition coefficient (Wildman–Crippen LogP) is 5.50. The normalized spacial score (nSPS) is 11.7. The van der Waals surface area contributed by atoms with E-state index in [4.69, 9.17) is 14.2 Å². The van der Waals surface area contributed by atoms with E-state index >= 15 is 0 Å². The minimum Gasteiger partial charge on any atom is -0.489 e. The monoisotopic (exact) mass is 395 g/mol. The molecule has 0 saturated carbocycles. The predicted molar refractivity (Wildman–Crippen MR) is 115 cm³/mol. The fourth-order valence-corrected chi connectivity index (χ4v) is 3.13. The van der Waals surface area contributed by atoms with E-state index in [1.165, 1.54) is 0 Å². The van der Waals surface area contributed by atoms with E-state index in [2.05, 4.69) is 0 Å². The highest BCUT2D eigenvalue weighted by Crippen LogP contribution is 2.37. The number of fused-ring (bicyclic) bond motifs is 1. The number of esters is 1. The summed E-state index contributed by atoms with van der Waals surface area (Å²) in [6.45, 7) is 9.91. The van der Waals surface area contributed by atoms with Gasteiger partial charge in [-0.2, -0.15) is 0 Å². The quantitative estimate of drug-likeness (QED) is 0.517. The Balaban J connectivity index is 2.00. The van der Waals surface area contributed by atoms with Crippen LogP contribution in [0.1, 0.15) is 50.7 Å². The molecule has 3 rings (SSSR count). The Morgan fingerprint density at radius 3 is 2.38 bits per heavy atom. The van der Waals surface area contributed by atoms with E-state index in [1.54, 1.807) is 0 Å². The Bertz CT molecular complexity index is 997. The van der Waals surface area contributed by atoms with Gasteiger partial charge in [-0.15, -0.1) is 0 Å². The molecule has 0 fully saturated rings. The molecular formula is C24H29NO4. The van der Waals surface area contributed by atoms with E-state index < -0.39 is 11.6 Å². The van der Waals surface area contributed by atoms with Crippen molar-refractivity contribution >= 4 is 16.9 Å². The topological polar surface area (TPSA) is 49.7 Å². The molecule has 0 bridgehead atoms. The van der Waals surface area contributed by atoms with E-state index in [9.17, 15) is 4.79 Å². The molecule has 1 heterocycles. The third kappa shape index (κ3) is 4.91. The number of ether oxygens (including phenoxy) is 3. The van der Waals surface area contributed by atoms with E-state index in [0.29, 0.717) is 18.1 Å². The maximum atomic E-state index is 12.9. The van der Waals surface area contributed by atoms with Crippen molar-refractivity contribution in [3.05, 3.63) is 59.8 Å². The van der Waals surface area contributed by atoms with Crippen molar-refractivity contribution in [3.8, 4) is 11.5 Å². The van der Waals surface area contributed by atoms with Gasteiger partial charge >= 0.3 is 5.97 Å². The van der Waals surface area contributed by atoms with Crippen LogP contribution >= 0.6 is 0 Å². The lowest BCUT2D eigenvalue weighted by atomic mass is 10.2. The molecule has 0 aliphatic rings. The van der Waals surface area contributed by atoms with Crippen LogP contribution < -0.4 is 9.47 Å². The fraction of sp³-hybridized carbons (Fsp3) is 0.375. The van der Waals surface area contributed by atoms with Gasteiger partial charge in [0.05, 0.1) is 11.6 Å². The van der Waals surface area contributed by atoms with Crippen molar-refractivity contribution in [2.75, 3.05) is 0 Å². The third-order valence-electron chi connectivity index (χ3n) is 4.32. The first-order valence-corrected chi connectivity index (χ1v) is 9.85. The summed E-state index contributed by atoms with van der Waals surface area (Å²) in [5.41, 5.74) is 1.79. The first-order valence-electron chi connectivity index (χ1n) is 9.85. The number of aromatic nitrogens is 1. The molecule has 5 heteroatoms. The van der Waals surface area contributed by atoms with Gasteiger partial charge in [0.15, 0.2) is 11.4 Å². The maximum Gasteiger partial charge on any atom is 0.359 e. The molecule has 3 aromatic rings. The molecule has 0 aliphatic heterocycles. The summed E-state index contributed by atoms with van der Waals surface area (Å²) < 4.78 is 19.5. The van der Waals surface area contributed by atoms with Gasteiger partial charge in [-0.05, 0) is 58.4 Å². The van der Waals surface area contributed by atoms with Crippen LogP contribution in [0.3, 0.4) is 0 Å². The summed E-state index contributed by atoms with van der Waals surface area (Å²) >= 11 is 0. The standard InChI is InChI=1S/C24H29NO4/c1-16(2)28-22-19-14-18(27-15-17-10-8-7-9-11-17)12-13-20(19)25(6)21(22)23(26)29-24(3,4)5/h7-14,16H,15H2,1-6H3. The lowest BCUT2D eigenvalue weighted by molar-refractivity contribution is 0.00546. The van der Waals surface area contributed by atoms with Crippen molar-refractivity contribution in [3.63, 3.8) is 0 Å². The maximum absolute atomic E-state index is 12.9. The third-order valence-corrected chi connectivity index (χ3v) is 4.32. The number of carbonyl (C=O) groups is 1. The Morgan fingerprint density at radius 2 is 1.76 bits per heavy atom. The van der Waals surface area contributed by atoms with Gasteiger partial charge in [0.1, 0.15) is 18.0 Å². The molecule has 0 unspecified atom stereocenters. The van der Waals surface area contributed by atoms with Gasteiger partial charge in [-0.25, -0.2) is 4.79 Å². The zero-order valence-electron chi connectivity index (χ0n) is 18.0. The van der Waals surface area contributed by atoms with Crippen molar-refractivity contribution in [2.45, 2.75) is 52.9 Å². The number of benzene rings is 2. The van der Waals surface area contributed by atoms with Crippen LogP contribution in [0, 0.1) is 0 Å². The average molecular weight is 395 g/mol. The van der Waals surface area contributed by atoms with E-state index in [1.807, 2.05) is 94.8 Å². The number of hydrogen-bond donors (Lipinski definition) is 0. The molecule has 154 valence electrons. The minimum atomic E-state index is -0.591. The Hall–Kier alpha value is -2.95. The lowest BCUT2D eigenvalue weighted by Gasteiger charge is -2.20. The minimum absolute atomic E-state index is 0.0873. The molecule has 0 radical (unpaired) electrons. The Kier molecular flexibility index (Phi) is 5.87. The molecule has 0 N–H and O–H groups in total. The van der Waals surface area contributed by atoms with Gasteiger partial charge in [0.25, 0.3) is 0 Å². The molecule has 0 spiro atoms. The van der Waals surface area contributed by atoms with E-state index in [-0.39, 0.29) is 6.10 Å².